The number of aryl methyl sites for hydroxylation is 1. The Morgan fingerprint density at radius 1 is 0.857 bits per heavy atom. The van der Waals surface area contributed by atoms with Crippen LogP contribution < -0.4 is 4.74 Å². The van der Waals surface area contributed by atoms with Crippen LogP contribution in [0.2, 0.25) is 0 Å². The van der Waals surface area contributed by atoms with E-state index in [-0.39, 0.29) is 0 Å². The highest BCUT2D eigenvalue weighted by Crippen LogP contribution is 2.29. The van der Waals surface area contributed by atoms with Crippen molar-refractivity contribution in [2.24, 2.45) is 0 Å². The Balaban J connectivity index is 2.08. The smallest absolute Gasteiger partial charge is 0.240 e. The first-order valence-corrected chi connectivity index (χ1v) is 6.81. The van der Waals surface area contributed by atoms with E-state index < -0.39 is 0 Å². The summed E-state index contributed by atoms with van der Waals surface area (Å²) in [5.41, 5.74) is 4.94. The molecule has 0 aliphatic carbocycles. The van der Waals surface area contributed by atoms with Crippen LogP contribution in [0.15, 0.2) is 60.8 Å². The van der Waals surface area contributed by atoms with Crippen LogP contribution in [0.3, 0.4) is 0 Å². The molecule has 0 saturated heterocycles. The molecule has 21 heavy (non-hydrogen) atoms. The number of methoxy groups -OCH3 is 1. The van der Waals surface area contributed by atoms with E-state index in [2.05, 4.69) is 34.2 Å². The molecule has 0 saturated carbocycles. The molecule has 0 aliphatic heterocycles. The topological polar surface area (TPSA) is 35.0 Å². The van der Waals surface area contributed by atoms with Crippen LogP contribution in [-0.2, 0) is 0 Å². The average Bonchev–Trinajstić information content (AvgIpc) is 2.55. The molecule has 0 unspecified atom stereocenters. The molecular weight excluding hydrogens is 260 g/mol. The molecule has 3 rings (SSSR count). The lowest BCUT2D eigenvalue weighted by Gasteiger charge is -2.09. The zero-order valence-corrected chi connectivity index (χ0v) is 12.1. The van der Waals surface area contributed by atoms with E-state index in [1.54, 1.807) is 13.3 Å². The maximum atomic E-state index is 5.35. The second kappa shape index (κ2) is 5.75. The highest BCUT2D eigenvalue weighted by Gasteiger charge is 2.10. The van der Waals surface area contributed by atoms with Crippen molar-refractivity contribution < 1.29 is 4.74 Å². The molecule has 0 fully saturated rings. The Bertz CT molecular complexity index is 754. The van der Waals surface area contributed by atoms with Gasteiger partial charge in [-0.2, -0.15) is 0 Å². The lowest BCUT2D eigenvalue weighted by Crippen LogP contribution is -1.96. The summed E-state index contributed by atoms with van der Waals surface area (Å²) in [7, 11) is 1.62. The molecule has 1 aromatic heterocycles. The highest BCUT2D eigenvalue weighted by atomic mass is 16.5. The first kappa shape index (κ1) is 13.3. The Morgan fingerprint density at radius 3 is 2.33 bits per heavy atom. The SMILES string of the molecule is COc1nc(C)cnc1-c1cccc(-c2ccccc2)c1. The predicted octanol–water partition coefficient (Wildman–Crippen LogP) is 4.13. The van der Waals surface area contributed by atoms with Gasteiger partial charge in [-0.1, -0.05) is 48.5 Å². The van der Waals surface area contributed by atoms with E-state index in [0.717, 1.165) is 22.5 Å². The van der Waals surface area contributed by atoms with Gasteiger partial charge >= 0.3 is 0 Å². The van der Waals surface area contributed by atoms with Gasteiger partial charge in [0.25, 0.3) is 0 Å². The van der Waals surface area contributed by atoms with Crippen molar-refractivity contribution in [1.82, 2.24) is 9.97 Å². The van der Waals surface area contributed by atoms with Gasteiger partial charge in [-0.3, -0.25) is 0 Å². The monoisotopic (exact) mass is 276 g/mol. The van der Waals surface area contributed by atoms with Gasteiger partial charge in [-0.05, 0) is 24.1 Å². The van der Waals surface area contributed by atoms with Gasteiger partial charge in [0.15, 0.2) is 0 Å². The Hall–Kier alpha value is -2.68. The summed E-state index contributed by atoms with van der Waals surface area (Å²) in [6.07, 6.45) is 1.76. The Morgan fingerprint density at radius 2 is 1.57 bits per heavy atom. The Labute approximate surface area is 124 Å². The van der Waals surface area contributed by atoms with Gasteiger partial charge < -0.3 is 4.74 Å². The molecule has 3 heteroatoms. The van der Waals surface area contributed by atoms with E-state index in [9.17, 15) is 0 Å². The molecule has 104 valence electrons. The second-order valence-corrected chi connectivity index (χ2v) is 4.82. The van der Waals surface area contributed by atoms with Crippen molar-refractivity contribution in [2.45, 2.75) is 6.92 Å². The lowest BCUT2D eigenvalue weighted by atomic mass is 10.0. The molecule has 0 radical (unpaired) electrons. The minimum absolute atomic E-state index is 0.556. The molecule has 0 amide bonds. The van der Waals surface area contributed by atoms with Gasteiger partial charge in [0.1, 0.15) is 5.69 Å². The van der Waals surface area contributed by atoms with Crippen molar-refractivity contribution in [3.8, 4) is 28.3 Å². The third-order valence-electron chi connectivity index (χ3n) is 3.30. The minimum atomic E-state index is 0.556. The third kappa shape index (κ3) is 2.77. The third-order valence-corrected chi connectivity index (χ3v) is 3.30. The largest absolute Gasteiger partial charge is 0.479 e. The van der Waals surface area contributed by atoms with E-state index in [1.807, 2.05) is 37.3 Å². The quantitative estimate of drug-likeness (QED) is 0.721. The van der Waals surface area contributed by atoms with Crippen molar-refractivity contribution >= 4 is 0 Å². The van der Waals surface area contributed by atoms with E-state index in [0.29, 0.717) is 5.88 Å². The van der Waals surface area contributed by atoms with Crippen LogP contribution in [0.25, 0.3) is 22.4 Å². The van der Waals surface area contributed by atoms with E-state index in [4.69, 9.17) is 4.74 Å². The van der Waals surface area contributed by atoms with Crippen LogP contribution >= 0.6 is 0 Å². The summed E-state index contributed by atoms with van der Waals surface area (Å²) in [5, 5.41) is 0. The molecule has 0 bridgehead atoms. The summed E-state index contributed by atoms with van der Waals surface area (Å²) in [4.78, 5) is 8.85. The molecule has 3 aromatic rings. The normalized spacial score (nSPS) is 10.4. The maximum absolute atomic E-state index is 5.35. The fourth-order valence-electron chi connectivity index (χ4n) is 2.27. The number of nitrogens with zero attached hydrogens (tertiary/aromatic N) is 2. The average molecular weight is 276 g/mol. The highest BCUT2D eigenvalue weighted by molar-refractivity contribution is 5.73. The van der Waals surface area contributed by atoms with Crippen LogP contribution in [0, 0.1) is 6.92 Å². The van der Waals surface area contributed by atoms with E-state index in [1.165, 1.54) is 5.56 Å². The molecule has 0 atom stereocenters. The summed E-state index contributed by atoms with van der Waals surface area (Å²) < 4.78 is 5.35. The summed E-state index contributed by atoms with van der Waals surface area (Å²) in [6, 6.07) is 18.5. The minimum Gasteiger partial charge on any atom is -0.479 e. The van der Waals surface area contributed by atoms with Crippen LogP contribution in [0.1, 0.15) is 5.69 Å². The molecule has 0 N–H and O–H groups in total. The number of hydrogen-bond donors (Lipinski definition) is 0. The van der Waals surface area contributed by atoms with Gasteiger partial charge in [0, 0.05) is 11.8 Å². The zero-order chi connectivity index (χ0) is 14.7. The fraction of sp³-hybridized carbons (Fsp3) is 0.111. The standard InChI is InChI=1S/C18H16N2O/c1-13-12-19-17(18(20-13)21-2)16-10-6-9-15(11-16)14-7-4-3-5-8-14/h3-12H,1-2H3. The molecule has 0 spiro atoms. The Kier molecular flexibility index (Phi) is 3.65. The van der Waals surface area contributed by atoms with Gasteiger partial charge in [-0.25, -0.2) is 9.97 Å². The van der Waals surface area contributed by atoms with Gasteiger partial charge in [0.2, 0.25) is 5.88 Å². The van der Waals surface area contributed by atoms with Gasteiger partial charge in [0.05, 0.1) is 12.8 Å². The molecule has 3 nitrogen and oxygen atoms in total. The number of rotatable bonds is 3. The molecule has 1 heterocycles. The van der Waals surface area contributed by atoms with E-state index >= 15 is 0 Å². The fourth-order valence-corrected chi connectivity index (χ4v) is 2.27. The molecule has 0 aliphatic rings. The molecular formula is C18H16N2O. The summed E-state index contributed by atoms with van der Waals surface area (Å²) in [6.45, 7) is 1.90. The lowest BCUT2D eigenvalue weighted by molar-refractivity contribution is 0.396. The first-order chi connectivity index (χ1) is 10.3. The van der Waals surface area contributed by atoms with Crippen molar-refractivity contribution in [3.05, 3.63) is 66.5 Å². The first-order valence-electron chi connectivity index (χ1n) is 6.81. The number of benzene rings is 2. The van der Waals surface area contributed by atoms with Crippen LogP contribution in [0.4, 0.5) is 0 Å². The zero-order valence-electron chi connectivity index (χ0n) is 12.1. The van der Waals surface area contributed by atoms with Crippen molar-refractivity contribution in [2.75, 3.05) is 7.11 Å². The summed E-state index contributed by atoms with van der Waals surface area (Å²) in [5.74, 6) is 0.556. The molecule has 2 aromatic carbocycles. The predicted molar refractivity (Wildman–Crippen MR) is 84.2 cm³/mol. The number of hydrogen-bond acceptors (Lipinski definition) is 3. The van der Waals surface area contributed by atoms with Crippen molar-refractivity contribution in [3.63, 3.8) is 0 Å². The van der Waals surface area contributed by atoms with Crippen LogP contribution in [0.5, 0.6) is 5.88 Å². The second-order valence-electron chi connectivity index (χ2n) is 4.82. The summed E-state index contributed by atoms with van der Waals surface area (Å²) >= 11 is 0. The maximum Gasteiger partial charge on any atom is 0.240 e. The van der Waals surface area contributed by atoms with Crippen molar-refractivity contribution in [1.29, 1.82) is 0 Å². The van der Waals surface area contributed by atoms with Crippen LogP contribution in [-0.4, -0.2) is 17.1 Å². The van der Waals surface area contributed by atoms with Gasteiger partial charge in [-0.15, -0.1) is 0 Å². The number of ether oxygens (including phenoxy) is 1. The number of aromatic nitrogens is 2.